The summed E-state index contributed by atoms with van der Waals surface area (Å²) in [4.78, 5) is 38.5. The number of piperidine rings is 1. The molecule has 1 aromatic carbocycles. The molecule has 3 heterocycles. The third-order valence-electron chi connectivity index (χ3n) is 6.26. The standard InChI is InChI=1S/C23H30N4O3/c1-16-17(2)25-21-14-19(6-7-20(21)24-16)23(29)27-9-3-4-18(15-27)5-8-22(28)26-10-12-30-13-11-26/h6-7,14,18H,3-5,8-13,15H2,1-2H3. The number of fused-ring (bicyclic) bond motifs is 1. The van der Waals surface area contributed by atoms with Crippen LogP contribution in [0.4, 0.5) is 0 Å². The first-order valence-electron chi connectivity index (χ1n) is 10.9. The fourth-order valence-electron chi connectivity index (χ4n) is 4.33. The lowest BCUT2D eigenvalue weighted by Crippen LogP contribution is -2.42. The molecule has 7 nitrogen and oxygen atoms in total. The summed E-state index contributed by atoms with van der Waals surface area (Å²) < 4.78 is 5.32. The van der Waals surface area contributed by atoms with Crippen LogP contribution in [0, 0.1) is 19.8 Å². The van der Waals surface area contributed by atoms with Crippen LogP contribution in [0.25, 0.3) is 11.0 Å². The maximum atomic E-state index is 13.1. The molecule has 160 valence electrons. The van der Waals surface area contributed by atoms with Crippen LogP contribution in [-0.2, 0) is 9.53 Å². The van der Waals surface area contributed by atoms with Crippen LogP contribution in [0.1, 0.15) is 47.4 Å². The van der Waals surface area contributed by atoms with Crippen LogP contribution in [-0.4, -0.2) is 71.0 Å². The molecule has 1 aromatic heterocycles. The van der Waals surface area contributed by atoms with Crippen LogP contribution in [0.2, 0.25) is 0 Å². The number of likely N-dealkylation sites (tertiary alicyclic amines) is 1. The molecule has 2 amide bonds. The fraction of sp³-hybridized carbons (Fsp3) is 0.565. The van der Waals surface area contributed by atoms with Gasteiger partial charge in [-0.25, -0.2) is 9.97 Å². The molecule has 0 bridgehead atoms. The molecule has 2 aliphatic heterocycles. The number of rotatable bonds is 4. The summed E-state index contributed by atoms with van der Waals surface area (Å²) in [5.74, 6) is 0.625. The Balaban J connectivity index is 1.37. The number of aryl methyl sites for hydroxylation is 2. The Bertz CT molecular complexity index is 939. The van der Waals surface area contributed by atoms with Crippen molar-refractivity contribution < 1.29 is 14.3 Å². The first kappa shape index (κ1) is 20.7. The molecule has 2 fully saturated rings. The highest BCUT2D eigenvalue weighted by Gasteiger charge is 2.26. The van der Waals surface area contributed by atoms with Crippen molar-refractivity contribution in [3.05, 3.63) is 35.2 Å². The number of benzene rings is 1. The lowest BCUT2D eigenvalue weighted by molar-refractivity contribution is -0.135. The molecule has 2 aromatic rings. The number of aromatic nitrogens is 2. The lowest BCUT2D eigenvalue weighted by Gasteiger charge is -2.33. The van der Waals surface area contributed by atoms with E-state index in [0.717, 1.165) is 48.2 Å². The molecule has 2 saturated heterocycles. The second-order valence-electron chi connectivity index (χ2n) is 8.39. The Morgan fingerprint density at radius 1 is 1.03 bits per heavy atom. The van der Waals surface area contributed by atoms with Crippen molar-refractivity contribution in [2.24, 2.45) is 5.92 Å². The third kappa shape index (κ3) is 4.61. The summed E-state index contributed by atoms with van der Waals surface area (Å²) in [6.07, 6.45) is 3.44. The molecule has 0 spiro atoms. The molecular weight excluding hydrogens is 380 g/mol. The van der Waals surface area contributed by atoms with E-state index in [2.05, 4.69) is 9.97 Å². The topological polar surface area (TPSA) is 75.6 Å². The SMILES string of the molecule is Cc1nc2ccc(C(=O)N3CCCC(CCC(=O)N4CCOCC4)C3)cc2nc1C. The second kappa shape index (κ2) is 9.08. The predicted molar refractivity (Wildman–Crippen MR) is 114 cm³/mol. The maximum Gasteiger partial charge on any atom is 0.253 e. The largest absolute Gasteiger partial charge is 0.378 e. The summed E-state index contributed by atoms with van der Waals surface area (Å²) in [5, 5.41) is 0. The van der Waals surface area contributed by atoms with E-state index in [0.29, 0.717) is 50.8 Å². The van der Waals surface area contributed by atoms with E-state index in [1.165, 1.54) is 0 Å². The molecule has 0 saturated carbocycles. The number of hydrogen-bond donors (Lipinski definition) is 0. The average molecular weight is 411 g/mol. The fourth-order valence-corrected chi connectivity index (χ4v) is 4.33. The van der Waals surface area contributed by atoms with Gasteiger partial charge < -0.3 is 14.5 Å². The minimum absolute atomic E-state index is 0.0427. The van der Waals surface area contributed by atoms with E-state index in [1.807, 2.05) is 41.8 Å². The second-order valence-corrected chi connectivity index (χ2v) is 8.39. The normalized spacial score (nSPS) is 19.9. The quantitative estimate of drug-likeness (QED) is 0.775. The summed E-state index contributed by atoms with van der Waals surface area (Å²) in [6, 6.07) is 5.58. The number of amides is 2. The zero-order valence-corrected chi connectivity index (χ0v) is 17.9. The van der Waals surface area contributed by atoms with Crippen molar-refractivity contribution in [3.8, 4) is 0 Å². The van der Waals surface area contributed by atoms with Gasteiger partial charge in [0.15, 0.2) is 0 Å². The number of morpholine rings is 1. The van der Waals surface area contributed by atoms with E-state index in [1.54, 1.807) is 0 Å². The summed E-state index contributed by atoms with van der Waals surface area (Å²) in [5.41, 5.74) is 4.02. The Morgan fingerprint density at radius 2 is 1.77 bits per heavy atom. The number of hydrogen-bond acceptors (Lipinski definition) is 5. The van der Waals surface area contributed by atoms with Gasteiger partial charge in [0.05, 0.1) is 35.6 Å². The Kier molecular flexibility index (Phi) is 6.27. The van der Waals surface area contributed by atoms with Crippen molar-refractivity contribution in [1.29, 1.82) is 0 Å². The van der Waals surface area contributed by atoms with Gasteiger partial charge in [0.2, 0.25) is 5.91 Å². The van der Waals surface area contributed by atoms with Crippen LogP contribution >= 0.6 is 0 Å². The molecule has 1 unspecified atom stereocenters. The average Bonchev–Trinajstić information content (AvgIpc) is 2.78. The molecule has 0 aliphatic carbocycles. The van der Waals surface area contributed by atoms with Gasteiger partial charge in [-0.2, -0.15) is 0 Å². The van der Waals surface area contributed by atoms with Gasteiger partial charge in [-0.1, -0.05) is 0 Å². The van der Waals surface area contributed by atoms with Crippen LogP contribution in [0.5, 0.6) is 0 Å². The van der Waals surface area contributed by atoms with E-state index >= 15 is 0 Å². The number of ether oxygens (including phenoxy) is 1. The van der Waals surface area contributed by atoms with E-state index in [9.17, 15) is 9.59 Å². The Labute approximate surface area is 177 Å². The predicted octanol–water partition coefficient (Wildman–Crippen LogP) is 2.74. The van der Waals surface area contributed by atoms with Gasteiger partial charge in [-0.15, -0.1) is 0 Å². The van der Waals surface area contributed by atoms with Crippen molar-refractivity contribution in [1.82, 2.24) is 19.8 Å². The van der Waals surface area contributed by atoms with Gasteiger partial charge in [-0.05, 0) is 57.2 Å². The van der Waals surface area contributed by atoms with Crippen molar-refractivity contribution >= 4 is 22.8 Å². The summed E-state index contributed by atoms with van der Waals surface area (Å²) in [6.45, 7) is 8.01. The minimum atomic E-state index is 0.0427. The third-order valence-corrected chi connectivity index (χ3v) is 6.26. The van der Waals surface area contributed by atoms with Gasteiger partial charge >= 0.3 is 0 Å². The van der Waals surface area contributed by atoms with Gasteiger partial charge in [0.25, 0.3) is 5.91 Å². The zero-order chi connectivity index (χ0) is 21.1. The molecule has 0 radical (unpaired) electrons. The first-order chi connectivity index (χ1) is 14.5. The molecule has 30 heavy (non-hydrogen) atoms. The monoisotopic (exact) mass is 410 g/mol. The van der Waals surface area contributed by atoms with Gasteiger partial charge in [0.1, 0.15) is 0 Å². The van der Waals surface area contributed by atoms with E-state index in [4.69, 9.17) is 4.74 Å². The number of nitrogens with zero attached hydrogens (tertiary/aromatic N) is 4. The van der Waals surface area contributed by atoms with Crippen molar-refractivity contribution in [3.63, 3.8) is 0 Å². The summed E-state index contributed by atoms with van der Waals surface area (Å²) in [7, 11) is 0. The molecule has 0 N–H and O–H groups in total. The van der Waals surface area contributed by atoms with Crippen molar-refractivity contribution in [2.45, 2.75) is 39.5 Å². The minimum Gasteiger partial charge on any atom is -0.378 e. The Morgan fingerprint density at radius 3 is 2.53 bits per heavy atom. The molecule has 4 rings (SSSR count). The number of carbonyl (C=O) groups excluding carboxylic acids is 2. The van der Waals surface area contributed by atoms with E-state index < -0.39 is 0 Å². The van der Waals surface area contributed by atoms with Crippen LogP contribution in [0.15, 0.2) is 18.2 Å². The summed E-state index contributed by atoms with van der Waals surface area (Å²) >= 11 is 0. The maximum absolute atomic E-state index is 13.1. The lowest BCUT2D eigenvalue weighted by atomic mass is 9.92. The molecule has 2 aliphatic rings. The zero-order valence-electron chi connectivity index (χ0n) is 17.9. The highest BCUT2D eigenvalue weighted by atomic mass is 16.5. The molecule has 7 heteroatoms. The molecular formula is C23H30N4O3. The Hall–Kier alpha value is -2.54. The van der Waals surface area contributed by atoms with E-state index in [-0.39, 0.29) is 11.8 Å². The van der Waals surface area contributed by atoms with Crippen molar-refractivity contribution in [2.75, 3.05) is 39.4 Å². The highest BCUT2D eigenvalue weighted by Crippen LogP contribution is 2.24. The van der Waals surface area contributed by atoms with Gasteiger partial charge in [-0.3, -0.25) is 9.59 Å². The molecule has 1 atom stereocenters. The number of carbonyl (C=O) groups is 2. The smallest absolute Gasteiger partial charge is 0.253 e. The highest BCUT2D eigenvalue weighted by molar-refractivity contribution is 5.97. The van der Waals surface area contributed by atoms with Crippen LogP contribution < -0.4 is 0 Å². The van der Waals surface area contributed by atoms with Crippen LogP contribution in [0.3, 0.4) is 0 Å². The first-order valence-corrected chi connectivity index (χ1v) is 10.9. The van der Waals surface area contributed by atoms with Gasteiger partial charge in [0, 0.05) is 38.2 Å².